The van der Waals surface area contributed by atoms with Crippen molar-refractivity contribution in [1.29, 1.82) is 0 Å². The summed E-state index contributed by atoms with van der Waals surface area (Å²) < 4.78 is 5.67. The molecule has 0 radical (unpaired) electrons. The van der Waals surface area contributed by atoms with Crippen LogP contribution in [0.15, 0.2) is 0 Å². The lowest BCUT2D eigenvalue weighted by Gasteiger charge is -2.35. The SMILES string of the molecule is CC(C)OCCC1CC(C(C)C)CCC1Br. The van der Waals surface area contributed by atoms with Crippen molar-refractivity contribution in [3.8, 4) is 0 Å². The number of hydrogen-bond donors (Lipinski definition) is 0. The van der Waals surface area contributed by atoms with E-state index < -0.39 is 0 Å². The highest BCUT2D eigenvalue weighted by Crippen LogP contribution is 2.38. The highest BCUT2D eigenvalue weighted by molar-refractivity contribution is 9.09. The van der Waals surface area contributed by atoms with Crippen LogP contribution in [-0.4, -0.2) is 17.5 Å². The zero-order valence-electron chi connectivity index (χ0n) is 11.2. The summed E-state index contributed by atoms with van der Waals surface area (Å²) >= 11 is 3.84. The second-order valence-electron chi connectivity index (χ2n) is 5.80. The predicted octanol–water partition coefficient (Wildman–Crippen LogP) is 4.64. The highest BCUT2D eigenvalue weighted by atomic mass is 79.9. The quantitative estimate of drug-likeness (QED) is 0.671. The Morgan fingerprint density at radius 2 is 1.88 bits per heavy atom. The molecule has 96 valence electrons. The standard InChI is InChI=1S/C14H27BrO/c1-10(2)12-5-6-14(15)13(9-12)7-8-16-11(3)4/h10-14H,5-9H2,1-4H3. The molecule has 1 aliphatic carbocycles. The number of alkyl halides is 1. The summed E-state index contributed by atoms with van der Waals surface area (Å²) in [5.74, 6) is 2.59. The third-order valence-electron chi connectivity index (χ3n) is 3.81. The molecule has 0 saturated heterocycles. The largest absolute Gasteiger partial charge is 0.379 e. The molecule has 0 N–H and O–H groups in total. The molecule has 1 aliphatic rings. The summed E-state index contributed by atoms with van der Waals surface area (Å²) in [6.07, 6.45) is 5.72. The number of hydrogen-bond acceptors (Lipinski definition) is 1. The lowest BCUT2D eigenvalue weighted by atomic mass is 9.75. The van der Waals surface area contributed by atoms with E-state index in [0.29, 0.717) is 6.10 Å². The van der Waals surface area contributed by atoms with Gasteiger partial charge < -0.3 is 4.74 Å². The molecule has 3 unspecified atom stereocenters. The van der Waals surface area contributed by atoms with Gasteiger partial charge in [0.05, 0.1) is 6.10 Å². The Bertz CT molecular complexity index is 191. The Balaban J connectivity index is 2.32. The summed E-state index contributed by atoms with van der Waals surface area (Å²) in [6, 6.07) is 0. The van der Waals surface area contributed by atoms with Crippen molar-refractivity contribution < 1.29 is 4.74 Å². The van der Waals surface area contributed by atoms with Crippen molar-refractivity contribution in [2.24, 2.45) is 17.8 Å². The van der Waals surface area contributed by atoms with Crippen LogP contribution in [0.4, 0.5) is 0 Å². The highest BCUT2D eigenvalue weighted by Gasteiger charge is 2.29. The van der Waals surface area contributed by atoms with Gasteiger partial charge in [-0.25, -0.2) is 0 Å². The monoisotopic (exact) mass is 290 g/mol. The second kappa shape index (κ2) is 7.00. The smallest absolute Gasteiger partial charge is 0.0518 e. The lowest BCUT2D eigenvalue weighted by Crippen LogP contribution is -2.28. The number of halogens is 1. The Morgan fingerprint density at radius 1 is 1.19 bits per heavy atom. The van der Waals surface area contributed by atoms with E-state index in [4.69, 9.17) is 4.74 Å². The molecule has 0 aromatic rings. The van der Waals surface area contributed by atoms with E-state index in [1.807, 2.05) is 0 Å². The molecule has 0 aromatic heterocycles. The van der Waals surface area contributed by atoms with Gasteiger partial charge in [-0.15, -0.1) is 0 Å². The molecule has 3 atom stereocenters. The van der Waals surface area contributed by atoms with E-state index >= 15 is 0 Å². The summed E-state index contributed by atoms with van der Waals surface area (Å²) in [5, 5.41) is 0. The van der Waals surface area contributed by atoms with E-state index in [2.05, 4.69) is 43.6 Å². The van der Waals surface area contributed by atoms with Gasteiger partial charge in [0.25, 0.3) is 0 Å². The predicted molar refractivity (Wildman–Crippen MR) is 74.1 cm³/mol. The average Bonchev–Trinajstić information content (AvgIpc) is 2.20. The third-order valence-corrected chi connectivity index (χ3v) is 5.02. The van der Waals surface area contributed by atoms with Gasteiger partial charge in [-0.3, -0.25) is 0 Å². The summed E-state index contributed by atoms with van der Waals surface area (Å²) in [4.78, 5) is 0.721. The second-order valence-corrected chi connectivity index (χ2v) is 6.98. The topological polar surface area (TPSA) is 9.23 Å². The first kappa shape index (κ1) is 14.5. The minimum atomic E-state index is 0.373. The summed E-state index contributed by atoms with van der Waals surface area (Å²) in [7, 11) is 0. The number of ether oxygens (including phenoxy) is 1. The fourth-order valence-corrected chi connectivity index (χ4v) is 3.37. The van der Waals surface area contributed by atoms with Gasteiger partial charge in [-0.05, 0) is 57.3 Å². The average molecular weight is 291 g/mol. The first-order valence-electron chi connectivity index (χ1n) is 6.76. The van der Waals surface area contributed by atoms with Crippen LogP contribution in [0.25, 0.3) is 0 Å². The fraction of sp³-hybridized carbons (Fsp3) is 1.00. The molecule has 0 aliphatic heterocycles. The Hall–Kier alpha value is 0.440. The van der Waals surface area contributed by atoms with Crippen molar-refractivity contribution in [1.82, 2.24) is 0 Å². The van der Waals surface area contributed by atoms with Crippen LogP contribution in [0.5, 0.6) is 0 Å². The van der Waals surface area contributed by atoms with Crippen LogP contribution in [0.1, 0.15) is 53.4 Å². The van der Waals surface area contributed by atoms with Gasteiger partial charge in [0.15, 0.2) is 0 Å². The number of rotatable bonds is 5. The molecule has 0 aromatic carbocycles. The molecule has 2 heteroatoms. The maximum absolute atomic E-state index is 5.67. The minimum absolute atomic E-state index is 0.373. The Labute approximate surface area is 109 Å². The minimum Gasteiger partial charge on any atom is -0.379 e. The Kier molecular flexibility index (Phi) is 6.35. The van der Waals surface area contributed by atoms with Crippen LogP contribution >= 0.6 is 15.9 Å². The van der Waals surface area contributed by atoms with E-state index in [9.17, 15) is 0 Å². The molecular formula is C14H27BrO. The van der Waals surface area contributed by atoms with Crippen molar-refractivity contribution >= 4 is 15.9 Å². The van der Waals surface area contributed by atoms with Gasteiger partial charge in [0, 0.05) is 11.4 Å². The van der Waals surface area contributed by atoms with Gasteiger partial charge in [-0.2, -0.15) is 0 Å². The maximum atomic E-state index is 5.67. The van der Waals surface area contributed by atoms with E-state index in [1.54, 1.807) is 0 Å². The van der Waals surface area contributed by atoms with Crippen LogP contribution < -0.4 is 0 Å². The van der Waals surface area contributed by atoms with Gasteiger partial charge >= 0.3 is 0 Å². The molecule has 1 nitrogen and oxygen atoms in total. The van der Waals surface area contributed by atoms with E-state index in [0.717, 1.165) is 29.2 Å². The van der Waals surface area contributed by atoms with Gasteiger partial charge in [0.1, 0.15) is 0 Å². The van der Waals surface area contributed by atoms with Crippen LogP contribution in [-0.2, 0) is 4.74 Å². The molecule has 0 heterocycles. The zero-order valence-corrected chi connectivity index (χ0v) is 12.8. The van der Waals surface area contributed by atoms with Gasteiger partial charge in [0.2, 0.25) is 0 Å². The lowest BCUT2D eigenvalue weighted by molar-refractivity contribution is 0.0610. The first-order chi connectivity index (χ1) is 7.50. The molecule has 0 amide bonds. The van der Waals surface area contributed by atoms with Crippen LogP contribution in [0.3, 0.4) is 0 Å². The molecular weight excluding hydrogens is 264 g/mol. The summed E-state index contributed by atoms with van der Waals surface area (Å²) in [5.41, 5.74) is 0. The summed E-state index contributed by atoms with van der Waals surface area (Å²) in [6.45, 7) is 9.88. The molecule has 0 bridgehead atoms. The maximum Gasteiger partial charge on any atom is 0.0518 e. The molecule has 16 heavy (non-hydrogen) atoms. The molecule has 1 rings (SSSR count). The van der Waals surface area contributed by atoms with Crippen molar-refractivity contribution in [3.05, 3.63) is 0 Å². The van der Waals surface area contributed by atoms with Crippen molar-refractivity contribution in [2.45, 2.75) is 64.3 Å². The van der Waals surface area contributed by atoms with Crippen molar-refractivity contribution in [2.75, 3.05) is 6.61 Å². The van der Waals surface area contributed by atoms with Crippen molar-refractivity contribution in [3.63, 3.8) is 0 Å². The molecule has 0 spiro atoms. The van der Waals surface area contributed by atoms with E-state index in [1.165, 1.54) is 25.7 Å². The zero-order chi connectivity index (χ0) is 12.1. The molecule has 1 fully saturated rings. The Morgan fingerprint density at radius 3 is 2.44 bits per heavy atom. The van der Waals surface area contributed by atoms with Gasteiger partial charge in [-0.1, -0.05) is 29.8 Å². The molecule has 1 saturated carbocycles. The normalized spacial score (nSPS) is 31.3. The first-order valence-corrected chi connectivity index (χ1v) is 7.68. The van der Waals surface area contributed by atoms with E-state index in [-0.39, 0.29) is 0 Å². The third kappa shape index (κ3) is 4.75. The van der Waals surface area contributed by atoms with Crippen LogP contribution in [0, 0.1) is 17.8 Å². The van der Waals surface area contributed by atoms with Crippen LogP contribution in [0.2, 0.25) is 0 Å². The fourth-order valence-electron chi connectivity index (χ4n) is 2.62.